The summed E-state index contributed by atoms with van der Waals surface area (Å²) < 4.78 is 21.9. The Kier molecular flexibility index (Phi) is 5.71. The van der Waals surface area contributed by atoms with Crippen molar-refractivity contribution in [2.24, 2.45) is 0 Å². The van der Waals surface area contributed by atoms with Gasteiger partial charge in [0.15, 0.2) is 11.5 Å². The first-order valence-electron chi connectivity index (χ1n) is 10.0. The first-order valence-corrected chi connectivity index (χ1v) is 10.0. The summed E-state index contributed by atoms with van der Waals surface area (Å²) in [6.45, 7) is 1.98. The Morgan fingerprint density at radius 1 is 0.903 bits per heavy atom. The fourth-order valence-corrected chi connectivity index (χ4v) is 3.82. The lowest BCUT2D eigenvalue weighted by molar-refractivity contribution is 0.0939. The van der Waals surface area contributed by atoms with Crippen LogP contribution in [0.2, 0.25) is 0 Å². The lowest BCUT2D eigenvalue weighted by Gasteiger charge is -2.17. The van der Waals surface area contributed by atoms with Crippen molar-refractivity contribution in [1.29, 1.82) is 0 Å². The summed E-state index contributed by atoms with van der Waals surface area (Å²) in [4.78, 5) is 12.8. The molecule has 0 fully saturated rings. The summed E-state index contributed by atoms with van der Waals surface area (Å²) in [5.74, 6) is 1.13. The second kappa shape index (κ2) is 8.60. The highest BCUT2D eigenvalue weighted by molar-refractivity contribution is 6.05. The molecule has 0 spiro atoms. The molecule has 3 aromatic carbocycles. The number of para-hydroxylation sites is 1. The number of rotatable bonds is 7. The van der Waals surface area contributed by atoms with Crippen LogP contribution >= 0.6 is 0 Å². The van der Waals surface area contributed by atoms with E-state index in [4.69, 9.17) is 18.6 Å². The zero-order valence-corrected chi connectivity index (χ0v) is 18.0. The molecule has 0 unspecified atom stereocenters. The molecule has 0 bridgehead atoms. The van der Waals surface area contributed by atoms with Crippen molar-refractivity contribution in [1.82, 2.24) is 5.32 Å². The molecule has 31 heavy (non-hydrogen) atoms. The predicted molar refractivity (Wildman–Crippen MR) is 120 cm³/mol. The average molecular weight is 419 g/mol. The number of carbonyl (C=O) groups excluding carboxylic acids is 1. The predicted octanol–water partition coefficient (Wildman–Crippen LogP) is 4.97. The molecule has 0 aliphatic heterocycles. The molecule has 1 N–H and O–H groups in total. The molecule has 1 aromatic heterocycles. The summed E-state index contributed by atoms with van der Waals surface area (Å²) in [5.41, 5.74) is 3.30. The zero-order valence-electron chi connectivity index (χ0n) is 18.0. The van der Waals surface area contributed by atoms with E-state index in [9.17, 15) is 4.79 Å². The van der Waals surface area contributed by atoms with E-state index in [1.165, 1.54) is 21.3 Å². The van der Waals surface area contributed by atoms with E-state index in [2.05, 4.69) is 17.4 Å². The molecule has 160 valence electrons. The van der Waals surface area contributed by atoms with Crippen LogP contribution in [0, 0.1) is 0 Å². The van der Waals surface area contributed by atoms with Crippen LogP contribution in [0.5, 0.6) is 17.2 Å². The number of methoxy groups -OCH3 is 3. The van der Waals surface area contributed by atoms with Gasteiger partial charge in [-0.15, -0.1) is 0 Å². The summed E-state index contributed by atoms with van der Waals surface area (Å²) in [6.07, 6.45) is 0.686. The maximum Gasteiger partial charge on any atom is 0.251 e. The minimum absolute atomic E-state index is 0.0813. The molecule has 0 saturated heterocycles. The van der Waals surface area contributed by atoms with E-state index in [1.807, 2.05) is 37.3 Å². The molecule has 1 atom stereocenters. The van der Waals surface area contributed by atoms with E-state index in [0.717, 1.165) is 27.5 Å². The summed E-state index contributed by atoms with van der Waals surface area (Å²) in [6, 6.07) is 17.4. The van der Waals surface area contributed by atoms with Crippen molar-refractivity contribution in [2.45, 2.75) is 19.4 Å². The molecule has 1 amide bonds. The SMILES string of the molecule is COc1cc(C(=O)N[C@H](C)Cc2ccc3oc4ccccc4c3c2)cc(OC)c1OC. The molecule has 1 heterocycles. The van der Waals surface area contributed by atoms with Gasteiger partial charge in [0, 0.05) is 22.4 Å². The fraction of sp³-hybridized carbons (Fsp3) is 0.240. The van der Waals surface area contributed by atoms with Crippen molar-refractivity contribution in [3.8, 4) is 17.2 Å². The number of hydrogen-bond acceptors (Lipinski definition) is 5. The van der Waals surface area contributed by atoms with Gasteiger partial charge >= 0.3 is 0 Å². The summed E-state index contributed by atoms with van der Waals surface area (Å²) in [7, 11) is 4.58. The molecular formula is C25H25NO5. The van der Waals surface area contributed by atoms with Crippen LogP contribution in [-0.4, -0.2) is 33.3 Å². The highest BCUT2D eigenvalue weighted by atomic mass is 16.5. The number of hydrogen-bond donors (Lipinski definition) is 1. The Hall–Kier alpha value is -3.67. The Labute approximate surface area is 180 Å². The van der Waals surface area contributed by atoms with Gasteiger partial charge in [0.1, 0.15) is 11.2 Å². The number of nitrogens with one attached hydrogen (secondary N) is 1. The topological polar surface area (TPSA) is 69.9 Å². The van der Waals surface area contributed by atoms with E-state index >= 15 is 0 Å². The highest BCUT2D eigenvalue weighted by Gasteiger charge is 2.18. The van der Waals surface area contributed by atoms with E-state index in [1.54, 1.807) is 12.1 Å². The van der Waals surface area contributed by atoms with Crippen LogP contribution in [0.1, 0.15) is 22.8 Å². The van der Waals surface area contributed by atoms with Gasteiger partial charge in [-0.1, -0.05) is 24.3 Å². The normalized spacial score (nSPS) is 12.0. The standard InChI is InChI=1S/C25H25NO5/c1-15(26-25(27)17-13-22(28-2)24(30-4)23(14-17)29-3)11-16-9-10-21-19(12-16)18-7-5-6-8-20(18)31-21/h5-10,12-15H,11H2,1-4H3,(H,26,27)/t15-/m1/s1. The molecule has 0 aliphatic carbocycles. The average Bonchev–Trinajstić information content (AvgIpc) is 3.15. The quantitative estimate of drug-likeness (QED) is 0.458. The number of carbonyl (C=O) groups is 1. The van der Waals surface area contributed by atoms with Crippen molar-refractivity contribution >= 4 is 27.8 Å². The minimum atomic E-state index is -0.207. The van der Waals surface area contributed by atoms with E-state index in [0.29, 0.717) is 29.2 Å². The van der Waals surface area contributed by atoms with Crippen LogP contribution < -0.4 is 19.5 Å². The second-order valence-corrected chi connectivity index (χ2v) is 7.42. The molecular weight excluding hydrogens is 394 g/mol. The maximum absolute atomic E-state index is 12.8. The van der Waals surface area contributed by atoms with Crippen LogP contribution in [-0.2, 0) is 6.42 Å². The maximum atomic E-state index is 12.8. The fourth-order valence-electron chi connectivity index (χ4n) is 3.82. The van der Waals surface area contributed by atoms with Gasteiger partial charge in [-0.25, -0.2) is 0 Å². The van der Waals surface area contributed by atoms with Gasteiger partial charge in [-0.2, -0.15) is 0 Å². The van der Waals surface area contributed by atoms with Gasteiger partial charge in [0.2, 0.25) is 5.75 Å². The Morgan fingerprint density at radius 3 is 2.26 bits per heavy atom. The largest absolute Gasteiger partial charge is 0.493 e. The molecule has 0 radical (unpaired) electrons. The van der Waals surface area contributed by atoms with Crippen LogP contribution in [0.4, 0.5) is 0 Å². The third-order valence-corrected chi connectivity index (χ3v) is 5.29. The third-order valence-electron chi connectivity index (χ3n) is 5.29. The first-order chi connectivity index (χ1) is 15.0. The van der Waals surface area contributed by atoms with Gasteiger partial charge in [0.25, 0.3) is 5.91 Å². The van der Waals surface area contributed by atoms with Crippen LogP contribution in [0.15, 0.2) is 59.0 Å². The Bertz CT molecular complexity index is 1220. The van der Waals surface area contributed by atoms with Crippen LogP contribution in [0.3, 0.4) is 0 Å². The lowest BCUT2D eigenvalue weighted by Crippen LogP contribution is -2.34. The van der Waals surface area contributed by atoms with Crippen molar-refractivity contribution in [3.05, 3.63) is 65.7 Å². The Balaban J connectivity index is 1.53. The Morgan fingerprint density at radius 2 is 1.58 bits per heavy atom. The minimum Gasteiger partial charge on any atom is -0.493 e. The third kappa shape index (κ3) is 4.01. The molecule has 6 heteroatoms. The van der Waals surface area contributed by atoms with Gasteiger partial charge < -0.3 is 23.9 Å². The van der Waals surface area contributed by atoms with Gasteiger partial charge in [0.05, 0.1) is 21.3 Å². The number of benzene rings is 3. The first kappa shape index (κ1) is 20.6. The monoisotopic (exact) mass is 419 g/mol. The zero-order chi connectivity index (χ0) is 22.0. The van der Waals surface area contributed by atoms with Gasteiger partial charge in [-0.05, 0) is 49.2 Å². The van der Waals surface area contributed by atoms with Crippen molar-refractivity contribution in [2.75, 3.05) is 21.3 Å². The molecule has 0 saturated carbocycles. The van der Waals surface area contributed by atoms with Crippen molar-refractivity contribution in [3.63, 3.8) is 0 Å². The molecule has 6 nitrogen and oxygen atoms in total. The molecule has 4 aromatic rings. The van der Waals surface area contributed by atoms with Crippen molar-refractivity contribution < 1.29 is 23.4 Å². The number of furan rings is 1. The lowest BCUT2D eigenvalue weighted by atomic mass is 10.0. The molecule has 4 rings (SSSR count). The number of fused-ring (bicyclic) bond motifs is 3. The van der Waals surface area contributed by atoms with E-state index in [-0.39, 0.29) is 11.9 Å². The van der Waals surface area contributed by atoms with Gasteiger partial charge in [-0.3, -0.25) is 4.79 Å². The van der Waals surface area contributed by atoms with Crippen LogP contribution in [0.25, 0.3) is 21.9 Å². The second-order valence-electron chi connectivity index (χ2n) is 7.42. The summed E-state index contributed by atoms with van der Waals surface area (Å²) >= 11 is 0. The number of amides is 1. The smallest absolute Gasteiger partial charge is 0.251 e. The van der Waals surface area contributed by atoms with E-state index < -0.39 is 0 Å². The highest BCUT2D eigenvalue weighted by Crippen LogP contribution is 2.38. The molecule has 0 aliphatic rings. The number of ether oxygens (including phenoxy) is 3. The summed E-state index contributed by atoms with van der Waals surface area (Å²) in [5, 5.41) is 5.22.